The van der Waals surface area contributed by atoms with Crippen LogP contribution in [0.5, 0.6) is 5.88 Å². The van der Waals surface area contributed by atoms with E-state index in [0.717, 1.165) is 6.07 Å². The summed E-state index contributed by atoms with van der Waals surface area (Å²) >= 11 is 0. The van der Waals surface area contributed by atoms with E-state index in [1.54, 1.807) is 0 Å². The molecule has 8 heteroatoms. The van der Waals surface area contributed by atoms with E-state index in [2.05, 4.69) is 4.98 Å². The van der Waals surface area contributed by atoms with Crippen LogP contribution in [0, 0.1) is 10.1 Å². The van der Waals surface area contributed by atoms with Crippen molar-refractivity contribution in [3.05, 3.63) is 21.7 Å². The van der Waals surface area contributed by atoms with Gasteiger partial charge in [0.15, 0.2) is 5.78 Å². The second-order valence-electron chi connectivity index (χ2n) is 3.13. The highest BCUT2D eigenvalue weighted by atomic mass is 16.6. The highest BCUT2D eigenvalue weighted by Crippen LogP contribution is 2.27. The summed E-state index contributed by atoms with van der Waals surface area (Å²) in [5.41, 5.74) is 4.86. The van der Waals surface area contributed by atoms with Gasteiger partial charge in [0, 0.05) is 6.07 Å². The number of ketones is 1. The van der Waals surface area contributed by atoms with Crippen molar-refractivity contribution in [1.82, 2.24) is 4.98 Å². The third kappa shape index (κ3) is 2.88. The lowest BCUT2D eigenvalue weighted by molar-refractivity contribution is -0.384. The van der Waals surface area contributed by atoms with E-state index in [9.17, 15) is 14.9 Å². The highest BCUT2D eigenvalue weighted by Gasteiger charge is 2.21. The van der Waals surface area contributed by atoms with E-state index >= 15 is 0 Å². The number of nitrogen functional groups attached to an aromatic ring is 1. The van der Waals surface area contributed by atoms with Gasteiger partial charge in [-0.1, -0.05) is 0 Å². The van der Waals surface area contributed by atoms with Gasteiger partial charge in [-0.05, 0) is 6.92 Å². The number of hydrogen-bond donors (Lipinski definition) is 2. The van der Waals surface area contributed by atoms with Crippen LogP contribution < -0.4 is 10.5 Å². The fourth-order valence-corrected chi connectivity index (χ4v) is 1.15. The Kier molecular flexibility index (Phi) is 3.94. The molecular formula is C9H11N3O5. The van der Waals surface area contributed by atoms with Crippen LogP contribution in [0.3, 0.4) is 0 Å². The largest absolute Gasteiger partial charge is 0.475 e. The smallest absolute Gasteiger partial charge is 0.312 e. The first-order chi connectivity index (χ1) is 7.97. The topological polar surface area (TPSA) is 129 Å². The van der Waals surface area contributed by atoms with E-state index < -0.39 is 16.4 Å². The first kappa shape index (κ1) is 12.8. The van der Waals surface area contributed by atoms with Gasteiger partial charge in [0.25, 0.3) is 0 Å². The predicted molar refractivity (Wildman–Crippen MR) is 57.9 cm³/mol. The third-order valence-electron chi connectivity index (χ3n) is 1.90. The first-order valence-electron chi connectivity index (χ1n) is 4.67. The average Bonchev–Trinajstić information content (AvgIpc) is 2.25. The predicted octanol–water partition coefficient (Wildman–Crippen LogP) is 0.146. The van der Waals surface area contributed by atoms with Gasteiger partial charge in [-0.2, -0.15) is 4.98 Å². The molecule has 1 heterocycles. The molecule has 0 radical (unpaired) electrons. The molecule has 0 aromatic carbocycles. The summed E-state index contributed by atoms with van der Waals surface area (Å²) in [5, 5.41) is 19.2. The number of nitrogens with two attached hydrogens (primary N) is 1. The van der Waals surface area contributed by atoms with E-state index in [1.807, 2.05) is 0 Å². The molecule has 0 aliphatic rings. The molecule has 3 N–H and O–H groups in total. The number of anilines is 1. The van der Waals surface area contributed by atoms with Crippen LogP contribution in [0.15, 0.2) is 6.07 Å². The van der Waals surface area contributed by atoms with Gasteiger partial charge in [-0.15, -0.1) is 0 Å². The lowest BCUT2D eigenvalue weighted by Crippen LogP contribution is -2.10. The van der Waals surface area contributed by atoms with Gasteiger partial charge < -0.3 is 15.6 Å². The van der Waals surface area contributed by atoms with Crippen molar-refractivity contribution in [3.8, 4) is 5.88 Å². The molecule has 0 atom stereocenters. The lowest BCUT2D eigenvalue weighted by atomic mass is 10.2. The Hall–Kier alpha value is -2.22. The van der Waals surface area contributed by atoms with Crippen molar-refractivity contribution in [2.75, 3.05) is 18.9 Å². The van der Waals surface area contributed by atoms with Gasteiger partial charge in [-0.3, -0.25) is 14.9 Å². The molecule has 0 spiro atoms. The zero-order chi connectivity index (χ0) is 13.0. The maximum absolute atomic E-state index is 11.3. The van der Waals surface area contributed by atoms with Crippen molar-refractivity contribution in [2.45, 2.75) is 6.92 Å². The summed E-state index contributed by atoms with van der Waals surface area (Å²) in [6.07, 6.45) is 0. The third-order valence-corrected chi connectivity index (χ3v) is 1.90. The van der Waals surface area contributed by atoms with Crippen molar-refractivity contribution in [1.29, 1.82) is 0 Å². The zero-order valence-corrected chi connectivity index (χ0v) is 9.04. The van der Waals surface area contributed by atoms with Gasteiger partial charge in [0.2, 0.25) is 11.7 Å². The summed E-state index contributed by atoms with van der Waals surface area (Å²) in [7, 11) is 0. The van der Waals surface area contributed by atoms with Gasteiger partial charge in [0.05, 0.1) is 17.1 Å². The zero-order valence-electron chi connectivity index (χ0n) is 9.04. The number of nitrogens with zero attached hydrogens (tertiary/aromatic N) is 2. The molecule has 92 valence electrons. The van der Waals surface area contributed by atoms with E-state index in [1.165, 1.54) is 6.92 Å². The summed E-state index contributed by atoms with van der Waals surface area (Å²) in [6, 6.07) is 1.01. The minimum atomic E-state index is -0.732. The maximum Gasteiger partial charge on any atom is 0.312 e. The summed E-state index contributed by atoms with van der Waals surface area (Å²) < 4.78 is 4.98. The van der Waals surface area contributed by atoms with Gasteiger partial charge in [0.1, 0.15) is 6.61 Å². The molecule has 0 unspecified atom stereocenters. The number of aromatic nitrogens is 1. The Morgan fingerprint density at radius 2 is 2.35 bits per heavy atom. The molecule has 8 nitrogen and oxygen atoms in total. The number of pyridine rings is 1. The normalized spacial score (nSPS) is 10.0. The number of Topliss-reactive ketones (excluding diaryl/α,β-unsaturated/α-hetero) is 1. The SMILES string of the molecule is CC(=O)c1cc([N+](=O)[O-])c(N)nc1OCCO. The summed E-state index contributed by atoms with van der Waals surface area (Å²) in [5.74, 6) is -0.892. The molecule has 0 saturated carbocycles. The van der Waals surface area contributed by atoms with E-state index in [0.29, 0.717) is 0 Å². The van der Waals surface area contributed by atoms with Crippen molar-refractivity contribution >= 4 is 17.3 Å². The van der Waals surface area contributed by atoms with Gasteiger partial charge >= 0.3 is 5.69 Å². The molecular weight excluding hydrogens is 230 g/mol. The fourth-order valence-electron chi connectivity index (χ4n) is 1.15. The molecule has 0 aliphatic heterocycles. The summed E-state index contributed by atoms with van der Waals surface area (Å²) in [6.45, 7) is 0.878. The number of carbonyl (C=O) groups is 1. The van der Waals surface area contributed by atoms with Crippen LogP contribution in [-0.4, -0.2) is 34.0 Å². The van der Waals surface area contributed by atoms with E-state index in [-0.39, 0.29) is 30.5 Å². The maximum atomic E-state index is 11.3. The second-order valence-corrected chi connectivity index (χ2v) is 3.13. The molecule has 0 aliphatic carbocycles. The Balaban J connectivity index is 3.25. The number of aliphatic hydroxyl groups excluding tert-OH is 1. The standard InChI is InChI=1S/C9H11N3O5/c1-5(14)6-4-7(12(15)16)8(10)11-9(6)17-3-2-13/h4,13H,2-3H2,1H3,(H2,10,11). The number of rotatable bonds is 5. The molecule has 1 rings (SSSR count). The molecule has 0 fully saturated rings. The van der Waals surface area contributed by atoms with Crippen molar-refractivity contribution < 1.29 is 19.6 Å². The fraction of sp³-hybridized carbons (Fsp3) is 0.333. The Morgan fingerprint density at radius 3 is 2.82 bits per heavy atom. The number of aliphatic hydroxyl groups is 1. The average molecular weight is 241 g/mol. The number of carbonyl (C=O) groups excluding carboxylic acids is 1. The van der Waals surface area contributed by atoms with Crippen LogP contribution in [0.4, 0.5) is 11.5 Å². The number of nitro groups is 1. The van der Waals surface area contributed by atoms with Gasteiger partial charge in [-0.25, -0.2) is 0 Å². The quantitative estimate of drug-likeness (QED) is 0.426. The Morgan fingerprint density at radius 1 is 1.71 bits per heavy atom. The first-order valence-corrected chi connectivity index (χ1v) is 4.67. The van der Waals surface area contributed by atoms with Crippen LogP contribution in [0.2, 0.25) is 0 Å². The van der Waals surface area contributed by atoms with Crippen LogP contribution in [0.25, 0.3) is 0 Å². The molecule has 0 amide bonds. The Labute approximate surface area is 96.2 Å². The monoisotopic (exact) mass is 241 g/mol. The molecule has 17 heavy (non-hydrogen) atoms. The molecule has 1 aromatic heterocycles. The number of ether oxygens (including phenoxy) is 1. The lowest BCUT2D eigenvalue weighted by Gasteiger charge is -2.08. The Bertz CT molecular complexity index is 460. The second kappa shape index (κ2) is 5.21. The summed E-state index contributed by atoms with van der Waals surface area (Å²) in [4.78, 5) is 24.8. The van der Waals surface area contributed by atoms with Crippen LogP contribution in [-0.2, 0) is 0 Å². The highest BCUT2D eigenvalue weighted by molar-refractivity contribution is 5.97. The van der Waals surface area contributed by atoms with Crippen molar-refractivity contribution in [2.24, 2.45) is 0 Å². The van der Waals surface area contributed by atoms with Crippen LogP contribution >= 0.6 is 0 Å². The molecule has 0 saturated heterocycles. The molecule has 0 bridgehead atoms. The minimum Gasteiger partial charge on any atom is -0.475 e. The molecule has 1 aromatic rings. The van der Waals surface area contributed by atoms with E-state index in [4.69, 9.17) is 15.6 Å². The minimum absolute atomic E-state index is 0.0423. The van der Waals surface area contributed by atoms with Crippen molar-refractivity contribution in [3.63, 3.8) is 0 Å². The number of hydrogen-bond acceptors (Lipinski definition) is 7. The van der Waals surface area contributed by atoms with Crippen LogP contribution in [0.1, 0.15) is 17.3 Å².